The minimum absolute atomic E-state index is 0.270. The van der Waals surface area contributed by atoms with Crippen molar-refractivity contribution in [1.82, 2.24) is 15.0 Å². The molecule has 0 amide bonds. The van der Waals surface area contributed by atoms with E-state index in [2.05, 4.69) is 9.97 Å². The lowest BCUT2D eigenvalue weighted by Gasteiger charge is -2.18. The second-order valence-electron chi connectivity index (χ2n) is 6.75. The molecule has 3 aromatic rings. The molecule has 7 heteroatoms. The molecular weight excluding hydrogens is 381 g/mol. The van der Waals surface area contributed by atoms with E-state index in [0.29, 0.717) is 16.8 Å². The molecule has 1 aromatic carbocycles. The minimum Gasteiger partial charge on any atom is -0.251 e. The lowest BCUT2D eigenvalue weighted by atomic mass is 9.90. The molecule has 4 rings (SSSR count). The third-order valence-electron chi connectivity index (χ3n) is 4.84. The fraction of sp³-hybridized carbons (Fsp3) is 0.350. The molecule has 4 nitrogen and oxygen atoms in total. The van der Waals surface area contributed by atoms with Gasteiger partial charge in [0.05, 0.1) is 32.1 Å². The molecule has 1 saturated carbocycles. The molecule has 1 aliphatic carbocycles. The van der Waals surface area contributed by atoms with E-state index in [0.717, 1.165) is 34.0 Å². The van der Waals surface area contributed by atoms with E-state index in [1.54, 1.807) is 35.9 Å². The van der Waals surface area contributed by atoms with Crippen molar-refractivity contribution in [3.05, 3.63) is 47.4 Å². The van der Waals surface area contributed by atoms with Gasteiger partial charge in [-0.1, -0.05) is 19.3 Å². The Morgan fingerprint density at radius 1 is 1.07 bits per heavy atom. The number of nitrogens with zero attached hydrogens (tertiary/aromatic N) is 3. The fourth-order valence-electron chi connectivity index (χ4n) is 3.44. The van der Waals surface area contributed by atoms with Crippen molar-refractivity contribution in [2.75, 3.05) is 6.26 Å². The highest BCUT2D eigenvalue weighted by molar-refractivity contribution is 7.84. The maximum Gasteiger partial charge on any atom is 0.218 e. The van der Waals surface area contributed by atoms with Gasteiger partial charge >= 0.3 is 0 Å². The lowest BCUT2D eigenvalue weighted by molar-refractivity contribution is 0.442. The number of halogens is 1. The van der Waals surface area contributed by atoms with Gasteiger partial charge in [0.1, 0.15) is 5.82 Å². The molecule has 0 radical (unpaired) electrons. The molecule has 0 spiro atoms. The monoisotopic (exact) mass is 401 g/mol. The van der Waals surface area contributed by atoms with Crippen LogP contribution in [0.2, 0.25) is 0 Å². The Labute approximate surface area is 164 Å². The lowest BCUT2D eigenvalue weighted by Crippen LogP contribution is -2.03. The summed E-state index contributed by atoms with van der Waals surface area (Å²) in [6, 6.07) is 8.22. The summed E-state index contributed by atoms with van der Waals surface area (Å²) in [6.07, 6.45) is 9.27. The van der Waals surface area contributed by atoms with Crippen LogP contribution in [0.25, 0.3) is 21.8 Å². The summed E-state index contributed by atoms with van der Waals surface area (Å²) < 4.78 is 25.2. The first-order valence-electron chi connectivity index (χ1n) is 9.05. The second kappa shape index (κ2) is 7.94. The topological polar surface area (TPSA) is 55.7 Å². The number of benzene rings is 1. The number of aromatic nitrogens is 3. The maximum absolute atomic E-state index is 13.4. The van der Waals surface area contributed by atoms with Crippen LogP contribution in [0.3, 0.4) is 0 Å². The Morgan fingerprint density at radius 2 is 1.81 bits per heavy atom. The van der Waals surface area contributed by atoms with E-state index in [1.165, 1.54) is 31.4 Å². The predicted molar refractivity (Wildman–Crippen MR) is 107 cm³/mol. The largest absolute Gasteiger partial charge is 0.251 e. The zero-order valence-corrected chi connectivity index (χ0v) is 16.7. The van der Waals surface area contributed by atoms with Crippen LogP contribution in [0, 0.1) is 5.82 Å². The molecule has 2 aromatic heterocycles. The first kappa shape index (κ1) is 18.4. The first-order valence-corrected chi connectivity index (χ1v) is 11.4. The maximum atomic E-state index is 13.4. The molecule has 1 aliphatic rings. The Bertz CT molecular complexity index is 966. The van der Waals surface area contributed by atoms with Crippen LogP contribution >= 0.6 is 11.3 Å². The van der Waals surface area contributed by atoms with Crippen LogP contribution in [-0.4, -0.2) is 25.4 Å². The van der Waals surface area contributed by atoms with Gasteiger partial charge in [-0.05, 0) is 43.2 Å². The molecule has 2 heterocycles. The Morgan fingerprint density at radius 3 is 2.52 bits per heavy atom. The van der Waals surface area contributed by atoms with Crippen LogP contribution in [0.15, 0.2) is 41.7 Å². The average molecular weight is 402 g/mol. The Hall–Kier alpha value is -1.99. The smallest absolute Gasteiger partial charge is 0.218 e. The van der Waals surface area contributed by atoms with Gasteiger partial charge in [-0.3, -0.25) is 4.21 Å². The Balaban J connectivity index is 1.83. The summed E-state index contributed by atoms with van der Waals surface area (Å²) in [4.78, 5) is 14.5. The van der Waals surface area contributed by atoms with Crippen LogP contribution in [0.4, 0.5) is 4.39 Å². The number of thiazole rings is 1. The van der Waals surface area contributed by atoms with Crippen molar-refractivity contribution in [2.24, 2.45) is 0 Å². The van der Waals surface area contributed by atoms with Crippen molar-refractivity contribution in [1.29, 1.82) is 0 Å². The van der Waals surface area contributed by atoms with E-state index in [9.17, 15) is 8.60 Å². The molecular formula is C20H20FN3OS2. The molecule has 0 saturated heterocycles. The molecule has 0 N–H and O–H groups in total. The predicted octanol–water partition coefficient (Wildman–Crippen LogP) is 5.19. The van der Waals surface area contributed by atoms with Crippen LogP contribution in [0.1, 0.15) is 43.0 Å². The SMILES string of the molecule is CS(=O)c1nccc(-c2sc(C3CCCCC3)nc2-c2ccc(F)cc2)n1. The molecule has 1 fully saturated rings. The highest BCUT2D eigenvalue weighted by Crippen LogP contribution is 2.42. The summed E-state index contributed by atoms with van der Waals surface area (Å²) in [5.41, 5.74) is 2.39. The first-order chi connectivity index (χ1) is 13.1. The molecule has 0 bridgehead atoms. The second-order valence-corrected chi connectivity index (χ2v) is 9.05. The highest BCUT2D eigenvalue weighted by atomic mass is 32.2. The third kappa shape index (κ3) is 3.99. The molecule has 1 unspecified atom stereocenters. The minimum atomic E-state index is -1.25. The van der Waals surface area contributed by atoms with Gasteiger partial charge in [-0.25, -0.2) is 19.3 Å². The van der Waals surface area contributed by atoms with Gasteiger partial charge in [0.2, 0.25) is 5.16 Å². The fourth-order valence-corrected chi connectivity index (χ4v) is 5.11. The van der Waals surface area contributed by atoms with Crippen molar-refractivity contribution in [3.8, 4) is 21.8 Å². The normalized spacial score (nSPS) is 16.4. The summed E-state index contributed by atoms with van der Waals surface area (Å²) in [5, 5.41) is 1.42. The highest BCUT2D eigenvalue weighted by Gasteiger charge is 2.23. The summed E-state index contributed by atoms with van der Waals surface area (Å²) in [5.74, 6) is 0.201. The van der Waals surface area contributed by atoms with Crippen molar-refractivity contribution >= 4 is 22.1 Å². The molecule has 1 atom stereocenters. The van der Waals surface area contributed by atoms with Crippen LogP contribution in [-0.2, 0) is 10.8 Å². The summed E-state index contributed by atoms with van der Waals surface area (Å²) in [6.45, 7) is 0. The van der Waals surface area contributed by atoms with Crippen LogP contribution < -0.4 is 0 Å². The van der Waals surface area contributed by atoms with Crippen molar-refractivity contribution < 1.29 is 8.60 Å². The van der Waals surface area contributed by atoms with Crippen molar-refractivity contribution in [3.63, 3.8) is 0 Å². The molecule has 27 heavy (non-hydrogen) atoms. The summed E-state index contributed by atoms with van der Waals surface area (Å²) in [7, 11) is -1.25. The number of hydrogen-bond acceptors (Lipinski definition) is 5. The molecule has 0 aliphatic heterocycles. The zero-order chi connectivity index (χ0) is 18.8. The third-order valence-corrected chi connectivity index (χ3v) is 6.79. The standard InChI is InChI=1S/C20H20FN3OS2/c1-27(25)20-22-12-11-16(23-20)18-17(13-7-9-15(21)10-8-13)24-19(26-18)14-5-3-2-4-6-14/h7-12,14H,2-6H2,1H3. The van der Waals surface area contributed by atoms with Crippen LogP contribution in [0.5, 0.6) is 0 Å². The van der Waals surface area contributed by atoms with Gasteiger partial charge in [0.25, 0.3) is 0 Å². The van der Waals surface area contributed by atoms with Crippen molar-refractivity contribution in [2.45, 2.75) is 43.2 Å². The Kier molecular flexibility index (Phi) is 5.41. The zero-order valence-electron chi connectivity index (χ0n) is 15.0. The number of hydrogen-bond donors (Lipinski definition) is 0. The van der Waals surface area contributed by atoms with E-state index >= 15 is 0 Å². The van der Waals surface area contributed by atoms with E-state index in [-0.39, 0.29) is 5.82 Å². The van der Waals surface area contributed by atoms with Gasteiger partial charge in [-0.2, -0.15) is 0 Å². The summed E-state index contributed by atoms with van der Waals surface area (Å²) >= 11 is 1.64. The quantitative estimate of drug-likeness (QED) is 0.565. The van der Waals surface area contributed by atoms with E-state index < -0.39 is 10.8 Å². The van der Waals surface area contributed by atoms with E-state index in [4.69, 9.17) is 4.98 Å². The van der Waals surface area contributed by atoms with Gasteiger partial charge in [0, 0.05) is 23.9 Å². The van der Waals surface area contributed by atoms with Gasteiger partial charge in [-0.15, -0.1) is 11.3 Å². The number of rotatable bonds is 4. The van der Waals surface area contributed by atoms with Gasteiger partial charge < -0.3 is 0 Å². The van der Waals surface area contributed by atoms with E-state index in [1.807, 2.05) is 6.07 Å². The average Bonchev–Trinajstić information content (AvgIpc) is 3.15. The van der Waals surface area contributed by atoms with Gasteiger partial charge in [0.15, 0.2) is 0 Å². The molecule has 140 valence electrons.